The highest BCUT2D eigenvalue weighted by Gasteiger charge is 2.48. The number of aromatic nitrogens is 2. The molecule has 5 amide bonds. The van der Waals surface area contributed by atoms with Crippen LogP contribution >= 0.6 is 23.2 Å². The van der Waals surface area contributed by atoms with E-state index in [4.69, 9.17) is 37.1 Å². The fraction of sp³-hybridized carbons (Fsp3) is 0.527. The van der Waals surface area contributed by atoms with Gasteiger partial charge in [-0.2, -0.15) is 13.2 Å². The predicted molar refractivity (Wildman–Crippen MR) is 288 cm³/mol. The summed E-state index contributed by atoms with van der Waals surface area (Å²) in [6.45, 7) is 15.7. The van der Waals surface area contributed by atoms with Crippen molar-refractivity contribution in [3.05, 3.63) is 99.7 Å². The summed E-state index contributed by atoms with van der Waals surface area (Å²) in [6.07, 6.45) is -5.63. The maximum atomic E-state index is 16.5. The first kappa shape index (κ1) is 60.5. The van der Waals surface area contributed by atoms with Crippen LogP contribution in [0.2, 0.25) is 28.2 Å². The normalized spacial score (nSPS) is 20.5. The van der Waals surface area contributed by atoms with E-state index in [-0.39, 0.29) is 59.8 Å². The lowest BCUT2D eigenvalue weighted by Crippen LogP contribution is -2.66. The molecule has 22 heteroatoms. The van der Waals surface area contributed by atoms with E-state index in [1.54, 1.807) is 96.6 Å². The molecule has 2 aliphatic rings. The molecule has 3 aromatic carbocycles. The summed E-state index contributed by atoms with van der Waals surface area (Å²) in [7, 11) is 2.34. The van der Waals surface area contributed by atoms with Crippen molar-refractivity contribution < 1.29 is 55.4 Å². The minimum Gasteiger partial charge on any atom is -0.457 e. The van der Waals surface area contributed by atoms with Gasteiger partial charge in [-0.25, -0.2) is 14.2 Å². The smallest absolute Gasteiger partial charge is 0.410 e. The average molecular weight is 1130 g/mol. The number of nitrogens with zero attached hydrogens (tertiary/aromatic N) is 6. The van der Waals surface area contributed by atoms with Gasteiger partial charge >= 0.3 is 12.3 Å². The molecular weight excluding hydrogens is 1060 g/mol. The van der Waals surface area contributed by atoms with Gasteiger partial charge in [0.1, 0.15) is 40.8 Å². The number of fused-ring (bicyclic) bond motifs is 2. The van der Waals surface area contributed by atoms with Crippen LogP contribution in [0.3, 0.4) is 0 Å². The Morgan fingerprint density at radius 3 is 2.19 bits per heavy atom. The molecule has 0 saturated carbocycles. The van der Waals surface area contributed by atoms with E-state index in [1.165, 1.54) is 27.7 Å². The zero-order chi connectivity index (χ0) is 57.2. The van der Waals surface area contributed by atoms with Gasteiger partial charge < -0.3 is 43.4 Å². The van der Waals surface area contributed by atoms with E-state index in [1.807, 2.05) is 38.4 Å². The van der Waals surface area contributed by atoms with E-state index in [2.05, 4.69) is 10.3 Å². The molecule has 1 aromatic heterocycles. The number of hydrogen-bond donors (Lipinski definition) is 1. The highest BCUT2D eigenvalue weighted by atomic mass is 35.5. The highest BCUT2D eigenvalue weighted by molar-refractivity contribution is 6.74. The van der Waals surface area contributed by atoms with Gasteiger partial charge in [0.2, 0.25) is 23.6 Å². The van der Waals surface area contributed by atoms with Crippen molar-refractivity contribution in [1.29, 1.82) is 0 Å². The molecule has 3 heterocycles. The summed E-state index contributed by atoms with van der Waals surface area (Å²) in [5.41, 5.74) is -0.0227. The number of benzene rings is 3. The highest BCUT2D eigenvalue weighted by Crippen LogP contribution is 2.39. The van der Waals surface area contributed by atoms with Crippen LogP contribution in [-0.4, -0.2) is 130 Å². The number of nitrogens with one attached hydrogen (secondary N) is 1. The van der Waals surface area contributed by atoms with Crippen molar-refractivity contribution in [2.75, 3.05) is 33.8 Å². The summed E-state index contributed by atoms with van der Waals surface area (Å²) < 4.78 is 80.3. The van der Waals surface area contributed by atoms with Crippen molar-refractivity contribution >= 4 is 61.2 Å². The predicted octanol–water partition coefficient (Wildman–Crippen LogP) is 11.0. The third kappa shape index (κ3) is 15.1. The molecule has 1 N–H and O–H groups in total. The van der Waals surface area contributed by atoms with Crippen LogP contribution in [0.5, 0.6) is 11.5 Å². The van der Waals surface area contributed by atoms with Crippen molar-refractivity contribution in [1.82, 2.24) is 34.5 Å². The van der Waals surface area contributed by atoms with E-state index in [0.29, 0.717) is 34.9 Å². The topological polar surface area (TPSA) is 156 Å². The number of halogens is 6. The van der Waals surface area contributed by atoms with Crippen LogP contribution in [-0.2, 0) is 54.9 Å². The van der Waals surface area contributed by atoms with Gasteiger partial charge in [0, 0.05) is 61.8 Å². The van der Waals surface area contributed by atoms with Crippen LogP contribution in [0.1, 0.15) is 91.1 Å². The second-order valence-corrected chi connectivity index (χ2v) is 28.5. The second-order valence-electron chi connectivity index (χ2n) is 22.8. The molecule has 420 valence electrons. The molecule has 2 saturated heterocycles. The standard InChI is InChI=1S/C55H71Cl2F4N7O8Si/c1-34-48(70)63-43(32-74-77(11,12)53(5,6)7)50(72)66(10)54(27-35-14-18-38(56)19-15-35)22-13-23-67(33-54)49(71)37(28-55(59,60)61)24-47(69)68(34)30-41-42(58)25-39(57)26-45(41)75-40-20-16-36(17-21-40)44-29-62-46(65(44)9)31-64(8)51(73)76-52(2,3)4/h14-21,25-26,29,34,37,43H,13,22-24,27-28,30-33H2,1-12H3,(H,63,70)/t34-,37-,43-,54+/m0/s1. The number of ether oxygens (including phenoxy) is 2. The summed E-state index contributed by atoms with van der Waals surface area (Å²) in [4.78, 5) is 81.6. The lowest BCUT2D eigenvalue weighted by molar-refractivity contribution is -0.166. The van der Waals surface area contributed by atoms with Crippen molar-refractivity contribution in [3.8, 4) is 22.8 Å². The van der Waals surface area contributed by atoms with Crippen LogP contribution in [0.15, 0.2) is 66.9 Å². The zero-order valence-corrected chi connectivity index (χ0v) is 48.4. The third-order valence-electron chi connectivity index (χ3n) is 14.8. The molecular formula is C55H71Cl2F4N7O8Si. The zero-order valence-electron chi connectivity index (χ0n) is 45.9. The van der Waals surface area contributed by atoms with Gasteiger partial charge in [-0.1, -0.05) is 56.1 Å². The number of imidazole rings is 1. The molecule has 0 spiro atoms. The number of alkyl halides is 3. The Morgan fingerprint density at radius 2 is 1.58 bits per heavy atom. The van der Waals surface area contributed by atoms with Crippen LogP contribution in [0.4, 0.5) is 22.4 Å². The number of rotatable bonds is 13. The largest absolute Gasteiger partial charge is 0.457 e. The Morgan fingerprint density at radius 1 is 0.935 bits per heavy atom. The Bertz CT molecular complexity index is 2800. The van der Waals surface area contributed by atoms with E-state index >= 15 is 9.18 Å². The Kier molecular flexibility index (Phi) is 18.6. The number of amides is 5. The van der Waals surface area contributed by atoms with Crippen LogP contribution in [0, 0.1) is 11.7 Å². The minimum atomic E-state index is -4.91. The lowest BCUT2D eigenvalue weighted by Gasteiger charge is -2.50. The van der Waals surface area contributed by atoms with Gasteiger partial charge in [-0.3, -0.25) is 19.2 Å². The molecule has 0 radical (unpaired) electrons. The number of carbonyl (C=O) groups is 5. The first-order chi connectivity index (χ1) is 35.7. The Balaban J connectivity index is 1.37. The van der Waals surface area contributed by atoms with Gasteiger partial charge in [0.15, 0.2) is 8.32 Å². The fourth-order valence-corrected chi connectivity index (χ4v) is 10.6. The SMILES string of the molecule is C[C@H]1C(=O)N[C@@H](CO[Si](C)(C)C(C)(C)C)C(=O)N(C)[C@@]2(Cc3ccc(Cl)cc3)CCCN(C2)C(=O)[C@H](CC(F)(F)F)CC(=O)N1Cc1c(F)cc(Cl)cc1Oc1ccc(-c2cnc(CN(C)C(=O)OC(C)(C)C)n2C)cc1. The average Bonchev–Trinajstić information content (AvgIpc) is 3.69. The number of hydrogen-bond acceptors (Lipinski definition) is 9. The van der Waals surface area contributed by atoms with E-state index in [0.717, 1.165) is 16.5 Å². The van der Waals surface area contributed by atoms with Crippen molar-refractivity contribution in [3.63, 3.8) is 0 Å². The number of likely N-dealkylation sites (N-methyl/N-ethyl adjacent to an activating group) is 1. The molecule has 0 aliphatic carbocycles. The molecule has 6 rings (SSSR count). The lowest BCUT2D eigenvalue weighted by atomic mass is 9.80. The second kappa shape index (κ2) is 23.7. The number of carbonyl (C=O) groups excluding carboxylic acids is 5. The quantitative estimate of drug-likeness (QED) is 0.102. The molecule has 77 heavy (non-hydrogen) atoms. The van der Waals surface area contributed by atoms with E-state index in [9.17, 15) is 32.3 Å². The maximum absolute atomic E-state index is 16.5. The fourth-order valence-electron chi connectivity index (χ4n) is 9.25. The molecule has 2 aliphatic heterocycles. The maximum Gasteiger partial charge on any atom is 0.410 e. The number of piperidine rings is 1. The first-order valence-corrected chi connectivity index (χ1v) is 29.2. The summed E-state index contributed by atoms with van der Waals surface area (Å²) in [5.74, 6) is -5.83. The summed E-state index contributed by atoms with van der Waals surface area (Å²) in [5, 5.41) is 2.89. The van der Waals surface area contributed by atoms with Crippen LogP contribution < -0.4 is 10.1 Å². The Labute approximate surface area is 459 Å². The van der Waals surface area contributed by atoms with Crippen molar-refractivity contribution in [2.45, 2.75) is 141 Å². The Hall–Kier alpha value is -5.70. The van der Waals surface area contributed by atoms with E-state index < -0.39 is 98.6 Å². The molecule has 15 nitrogen and oxygen atoms in total. The first-order valence-electron chi connectivity index (χ1n) is 25.5. The van der Waals surface area contributed by atoms with Gasteiger partial charge in [-0.15, -0.1) is 0 Å². The van der Waals surface area contributed by atoms with Crippen molar-refractivity contribution in [2.24, 2.45) is 13.0 Å². The van der Waals surface area contributed by atoms with Gasteiger partial charge in [-0.05, 0) is 119 Å². The summed E-state index contributed by atoms with van der Waals surface area (Å²) >= 11 is 12.6. The molecule has 2 bridgehead atoms. The summed E-state index contributed by atoms with van der Waals surface area (Å²) in [6, 6.07) is 12.9. The third-order valence-corrected chi connectivity index (χ3v) is 19.8. The molecule has 2 fully saturated rings. The van der Waals surface area contributed by atoms with Gasteiger partial charge in [0.25, 0.3) is 0 Å². The minimum absolute atomic E-state index is 0.0504. The molecule has 4 atom stereocenters. The van der Waals surface area contributed by atoms with Gasteiger partial charge in [0.05, 0.1) is 49.5 Å². The van der Waals surface area contributed by atoms with Crippen LogP contribution in [0.25, 0.3) is 11.3 Å². The molecule has 4 aromatic rings. The molecule has 0 unspecified atom stereocenters. The monoisotopic (exact) mass is 1130 g/mol.